The van der Waals surface area contributed by atoms with Crippen LogP contribution in [0.3, 0.4) is 0 Å². The summed E-state index contributed by atoms with van der Waals surface area (Å²) in [4.78, 5) is 0. The highest BCUT2D eigenvalue weighted by Gasteiger charge is 2.38. The summed E-state index contributed by atoms with van der Waals surface area (Å²) in [5, 5.41) is 9.13. The Balaban J connectivity index is 3.12. The predicted molar refractivity (Wildman–Crippen MR) is 51.6 cm³/mol. The van der Waals surface area contributed by atoms with Gasteiger partial charge in [0.25, 0.3) is 5.92 Å². The Morgan fingerprint density at radius 3 is 2.33 bits per heavy atom. The Hall–Kier alpha value is -0.880. The number of phenols is 1. The van der Waals surface area contributed by atoms with Gasteiger partial charge in [-0.2, -0.15) is 8.78 Å². The van der Waals surface area contributed by atoms with Crippen LogP contribution in [0.5, 0.6) is 5.75 Å². The van der Waals surface area contributed by atoms with Crippen molar-refractivity contribution in [1.82, 2.24) is 0 Å². The van der Waals surface area contributed by atoms with Gasteiger partial charge in [-0.1, -0.05) is 12.1 Å². The van der Waals surface area contributed by atoms with Gasteiger partial charge in [0.1, 0.15) is 11.5 Å². The SMILES string of the molecule is O=S(=O)(Cl)CC(F)(F)c1ccccc1O. The van der Waals surface area contributed by atoms with Crippen molar-refractivity contribution in [3.63, 3.8) is 0 Å². The lowest BCUT2D eigenvalue weighted by molar-refractivity contribution is 0.0194. The molecule has 0 amide bonds. The molecule has 7 heteroatoms. The average Bonchev–Trinajstić information content (AvgIpc) is 1.99. The Morgan fingerprint density at radius 1 is 1.33 bits per heavy atom. The highest BCUT2D eigenvalue weighted by atomic mass is 35.7. The lowest BCUT2D eigenvalue weighted by atomic mass is 10.1. The van der Waals surface area contributed by atoms with Gasteiger partial charge in [0.2, 0.25) is 9.05 Å². The van der Waals surface area contributed by atoms with Crippen LogP contribution in [0.2, 0.25) is 0 Å². The molecule has 0 radical (unpaired) electrons. The zero-order valence-corrected chi connectivity index (χ0v) is 8.89. The molecule has 0 heterocycles. The van der Waals surface area contributed by atoms with Crippen molar-refractivity contribution < 1.29 is 22.3 Å². The molecular formula is C8H7ClF2O3S. The predicted octanol–water partition coefficient (Wildman–Crippen LogP) is 2.05. The number of rotatable bonds is 3. The molecular weight excluding hydrogens is 250 g/mol. The van der Waals surface area contributed by atoms with E-state index in [2.05, 4.69) is 0 Å². The van der Waals surface area contributed by atoms with Crippen LogP contribution in [0.15, 0.2) is 24.3 Å². The number of hydrogen-bond donors (Lipinski definition) is 1. The zero-order chi connectivity index (χ0) is 11.7. The fraction of sp³-hybridized carbons (Fsp3) is 0.250. The Kier molecular flexibility index (Phi) is 3.20. The number of para-hydroxylation sites is 1. The molecule has 84 valence electrons. The third-order valence-corrected chi connectivity index (χ3v) is 2.69. The van der Waals surface area contributed by atoms with Crippen molar-refractivity contribution in [1.29, 1.82) is 0 Å². The Bertz CT molecular complexity index is 459. The molecule has 1 aromatic rings. The van der Waals surface area contributed by atoms with Crippen molar-refractivity contribution in [2.75, 3.05) is 5.75 Å². The van der Waals surface area contributed by atoms with E-state index >= 15 is 0 Å². The quantitative estimate of drug-likeness (QED) is 0.842. The maximum atomic E-state index is 13.3. The summed E-state index contributed by atoms with van der Waals surface area (Å²) in [6.45, 7) is 0. The van der Waals surface area contributed by atoms with E-state index in [1.54, 1.807) is 0 Å². The van der Waals surface area contributed by atoms with Gasteiger partial charge in [-0.3, -0.25) is 0 Å². The zero-order valence-electron chi connectivity index (χ0n) is 7.32. The second-order valence-electron chi connectivity index (χ2n) is 2.90. The van der Waals surface area contributed by atoms with Gasteiger partial charge < -0.3 is 5.11 Å². The van der Waals surface area contributed by atoms with Gasteiger partial charge in [0, 0.05) is 10.7 Å². The first-order chi connectivity index (χ1) is 6.72. The number of hydrogen-bond acceptors (Lipinski definition) is 3. The summed E-state index contributed by atoms with van der Waals surface area (Å²) < 4.78 is 47.6. The summed E-state index contributed by atoms with van der Waals surface area (Å²) in [5.41, 5.74) is -0.755. The molecule has 0 spiro atoms. The standard InChI is InChI=1S/C8H7ClF2O3S/c9-15(13,14)5-8(10,11)6-3-1-2-4-7(6)12/h1-4,12H,5H2. The van der Waals surface area contributed by atoms with Crippen LogP contribution in [-0.4, -0.2) is 19.3 Å². The van der Waals surface area contributed by atoms with E-state index in [9.17, 15) is 17.2 Å². The maximum Gasteiger partial charge on any atom is 0.291 e. The van der Waals surface area contributed by atoms with Crippen LogP contribution in [0.25, 0.3) is 0 Å². The molecule has 0 saturated carbocycles. The third kappa shape index (κ3) is 3.32. The molecule has 15 heavy (non-hydrogen) atoms. The van der Waals surface area contributed by atoms with Crippen molar-refractivity contribution in [2.24, 2.45) is 0 Å². The maximum absolute atomic E-state index is 13.3. The first-order valence-electron chi connectivity index (χ1n) is 3.81. The monoisotopic (exact) mass is 256 g/mol. The van der Waals surface area contributed by atoms with Crippen LogP contribution in [0.1, 0.15) is 5.56 Å². The van der Waals surface area contributed by atoms with E-state index in [1.165, 1.54) is 12.1 Å². The van der Waals surface area contributed by atoms with Gasteiger partial charge in [0.15, 0.2) is 0 Å². The molecule has 0 fully saturated rings. The lowest BCUT2D eigenvalue weighted by Crippen LogP contribution is -2.22. The molecule has 0 aromatic heterocycles. The van der Waals surface area contributed by atoms with E-state index < -0.39 is 32.0 Å². The minimum Gasteiger partial charge on any atom is -0.507 e. The molecule has 0 aliphatic rings. The van der Waals surface area contributed by atoms with E-state index in [-0.39, 0.29) is 0 Å². The number of benzene rings is 1. The first kappa shape index (κ1) is 12.2. The van der Waals surface area contributed by atoms with Crippen molar-refractivity contribution in [3.8, 4) is 5.75 Å². The third-order valence-electron chi connectivity index (χ3n) is 1.65. The molecule has 0 aliphatic carbocycles. The van der Waals surface area contributed by atoms with Crippen LogP contribution >= 0.6 is 10.7 Å². The smallest absolute Gasteiger partial charge is 0.291 e. The van der Waals surface area contributed by atoms with Gasteiger partial charge in [0.05, 0.1) is 5.56 Å². The molecule has 0 saturated heterocycles. The van der Waals surface area contributed by atoms with E-state index in [0.29, 0.717) is 0 Å². The van der Waals surface area contributed by atoms with Crippen molar-refractivity contribution >= 4 is 19.7 Å². The topological polar surface area (TPSA) is 54.4 Å². The number of alkyl halides is 2. The highest BCUT2D eigenvalue weighted by Crippen LogP contribution is 2.35. The Morgan fingerprint density at radius 2 is 1.87 bits per heavy atom. The minimum atomic E-state index is -4.34. The summed E-state index contributed by atoms with van der Waals surface area (Å²) >= 11 is 0. The molecule has 1 N–H and O–H groups in total. The van der Waals surface area contributed by atoms with Crippen LogP contribution < -0.4 is 0 Å². The van der Waals surface area contributed by atoms with Crippen molar-refractivity contribution in [2.45, 2.75) is 5.92 Å². The fourth-order valence-corrected chi connectivity index (χ4v) is 2.08. The summed E-state index contributed by atoms with van der Waals surface area (Å²) in [6.07, 6.45) is 0. The molecule has 0 atom stereocenters. The molecule has 1 aromatic carbocycles. The summed E-state index contributed by atoms with van der Waals surface area (Å²) in [6, 6.07) is 4.61. The second-order valence-corrected chi connectivity index (χ2v) is 5.68. The normalized spacial score (nSPS) is 12.7. The molecule has 0 unspecified atom stereocenters. The van der Waals surface area contributed by atoms with E-state index in [1.807, 2.05) is 0 Å². The molecule has 1 rings (SSSR count). The van der Waals surface area contributed by atoms with Gasteiger partial charge in [-0.05, 0) is 12.1 Å². The first-order valence-corrected chi connectivity index (χ1v) is 6.29. The number of halogens is 3. The molecule has 0 aliphatic heterocycles. The summed E-state index contributed by atoms with van der Waals surface area (Å²) in [5.74, 6) is -5.91. The highest BCUT2D eigenvalue weighted by molar-refractivity contribution is 8.13. The second kappa shape index (κ2) is 3.94. The number of phenolic OH excluding ortho intramolecular Hbond substituents is 1. The number of aromatic hydroxyl groups is 1. The summed E-state index contributed by atoms with van der Waals surface area (Å²) in [7, 11) is 0.395. The van der Waals surface area contributed by atoms with Gasteiger partial charge in [-0.15, -0.1) is 0 Å². The van der Waals surface area contributed by atoms with Gasteiger partial charge >= 0.3 is 0 Å². The van der Waals surface area contributed by atoms with Crippen LogP contribution in [0.4, 0.5) is 8.78 Å². The fourth-order valence-electron chi connectivity index (χ4n) is 1.08. The Labute approximate surface area is 89.7 Å². The van der Waals surface area contributed by atoms with Crippen LogP contribution in [0, 0.1) is 0 Å². The largest absolute Gasteiger partial charge is 0.507 e. The van der Waals surface area contributed by atoms with Crippen molar-refractivity contribution in [3.05, 3.63) is 29.8 Å². The van der Waals surface area contributed by atoms with Crippen LogP contribution in [-0.2, 0) is 15.0 Å². The van der Waals surface area contributed by atoms with E-state index in [0.717, 1.165) is 12.1 Å². The minimum absolute atomic E-state index is 0.664. The van der Waals surface area contributed by atoms with Gasteiger partial charge in [-0.25, -0.2) is 8.42 Å². The average molecular weight is 257 g/mol. The molecule has 3 nitrogen and oxygen atoms in total. The lowest BCUT2D eigenvalue weighted by Gasteiger charge is -2.15. The van der Waals surface area contributed by atoms with E-state index in [4.69, 9.17) is 15.8 Å². The molecule has 0 bridgehead atoms.